The van der Waals surface area contributed by atoms with Crippen LogP contribution < -0.4 is 10.6 Å². The van der Waals surface area contributed by atoms with E-state index >= 15 is 0 Å². The van der Waals surface area contributed by atoms with Gasteiger partial charge in [-0.2, -0.15) is 0 Å². The van der Waals surface area contributed by atoms with Crippen LogP contribution in [0.1, 0.15) is 21.6 Å². The number of nitrogens with one attached hydrogen (secondary N) is 2. The Morgan fingerprint density at radius 2 is 1.85 bits per heavy atom. The first-order chi connectivity index (χ1) is 12.5. The normalized spacial score (nSPS) is 10.4. The molecule has 5 nitrogen and oxygen atoms in total. The maximum absolute atomic E-state index is 12.2. The molecule has 2 N–H and O–H groups in total. The van der Waals surface area contributed by atoms with Crippen molar-refractivity contribution >= 4 is 40.6 Å². The molecule has 7 heteroatoms. The van der Waals surface area contributed by atoms with Gasteiger partial charge in [0.15, 0.2) is 0 Å². The first kappa shape index (κ1) is 18.2. The summed E-state index contributed by atoms with van der Waals surface area (Å²) in [5.41, 5.74) is 3.16. The minimum absolute atomic E-state index is 0.248. The van der Waals surface area contributed by atoms with Gasteiger partial charge in [0, 0.05) is 12.2 Å². The molecule has 2 aromatic carbocycles. The fourth-order valence-corrected chi connectivity index (χ4v) is 2.60. The van der Waals surface area contributed by atoms with E-state index in [9.17, 15) is 4.79 Å². The summed E-state index contributed by atoms with van der Waals surface area (Å²) in [6.07, 6.45) is 2.91. The highest BCUT2D eigenvalue weighted by Gasteiger charge is 2.09. The number of carbonyl (C=O) groups is 1. The first-order valence-corrected chi connectivity index (χ1v) is 8.65. The number of hydrogen-bond donors (Lipinski definition) is 2. The van der Waals surface area contributed by atoms with Gasteiger partial charge in [-0.15, -0.1) is 0 Å². The summed E-state index contributed by atoms with van der Waals surface area (Å²) in [6, 6.07) is 13.0. The van der Waals surface area contributed by atoms with E-state index in [4.69, 9.17) is 23.2 Å². The van der Waals surface area contributed by atoms with Crippen molar-refractivity contribution in [2.24, 2.45) is 0 Å². The van der Waals surface area contributed by atoms with Crippen molar-refractivity contribution in [3.63, 3.8) is 0 Å². The summed E-state index contributed by atoms with van der Waals surface area (Å²) in [7, 11) is 0. The van der Waals surface area contributed by atoms with E-state index in [1.54, 1.807) is 18.2 Å². The summed E-state index contributed by atoms with van der Waals surface area (Å²) < 4.78 is 0. The maximum Gasteiger partial charge on any atom is 0.271 e. The number of aromatic nitrogens is 2. The number of benzene rings is 2. The number of rotatable bonds is 5. The van der Waals surface area contributed by atoms with Gasteiger partial charge in [-0.05, 0) is 36.2 Å². The van der Waals surface area contributed by atoms with Crippen LogP contribution in [0, 0.1) is 6.92 Å². The van der Waals surface area contributed by atoms with Crippen LogP contribution in [0.3, 0.4) is 0 Å². The number of nitrogens with zero attached hydrogens (tertiary/aromatic N) is 2. The lowest BCUT2D eigenvalue weighted by atomic mass is 10.1. The lowest BCUT2D eigenvalue weighted by molar-refractivity contribution is 0.0945. The molecule has 0 spiro atoms. The van der Waals surface area contributed by atoms with Crippen molar-refractivity contribution in [2.45, 2.75) is 13.5 Å². The fraction of sp³-hybridized carbons (Fsp3) is 0.105. The molecule has 3 rings (SSSR count). The molecule has 0 aliphatic rings. The van der Waals surface area contributed by atoms with Crippen LogP contribution in [0.2, 0.25) is 10.0 Å². The van der Waals surface area contributed by atoms with Crippen molar-refractivity contribution < 1.29 is 4.79 Å². The van der Waals surface area contributed by atoms with Crippen LogP contribution in [-0.4, -0.2) is 15.9 Å². The first-order valence-electron chi connectivity index (χ1n) is 7.90. The summed E-state index contributed by atoms with van der Waals surface area (Å²) in [5.74, 6) is 0.223. The van der Waals surface area contributed by atoms with E-state index in [0.29, 0.717) is 22.4 Å². The Morgan fingerprint density at radius 1 is 1.04 bits per heavy atom. The zero-order valence-corrected chi connectivity index (χ0v) is 15.5. The zero-order chi connectivity index (χ0) is 18.5. The van der Waals surface area contributed by atoms with E-state index in [1.165, 1.54) is 12.4 Å². The molecule has 1 amide bonds. The van der Waals surface area contributed by atoms with E-state index < -0.39 is 0 Å². The van der Waals surface area contributed by atoms with Gasteiger partial charge in [-0.1, -0.05) is 47.5 Å². The van der Waals surface area contributed by atoms with Crippen molar-refractivity contribution in [3.05, 3.63) is 81.7 Å². The van der Waals surface area contributed by atoms with E-state index in [-0.39, 0.29) is 11.6 Å². The molecule has 0 saturated carbocycles. The predicted molar refractivity (Wildman–Crippen MR) is 104 cm³/mol. The largest absolute Gasteiger partial charge is 0.347 e. The summed E-state index contributed by atoms with van der Waals surface area (Å²) >= 11 is 11.9. The van der Waals surface area contributed by atoms with Crippen LogP contribution in [-0.2, 0) is 6.54 Å². The molecule has 0 radical (unpaired) electrons. The number of anilines is 2. The standard InChI is InChI=1S/C19H16Cl2N4O/c1-12-4-2-3-5-13(12)9-24-19(26)17-10-23-18(11-22-17)25-14-6-7-15(20)16(21)8-14/h2-8,10-11H,9H2,1H3,(H,23,25)(H,24,26). The zero-order valence-electron chi connectivity index (χ0n) is 14.0. The lowest BCUT2D eigenvalue weighted by Gasteiger charge is -2.09. The number of halogens is 2. The molecule has 0 aliphatic carbocycles. The minimum atomic E-state index is -0.276. The smallest absolute Gasteiger partial charge is 0.271 e. The Balaban J connectivity index is 1.62. The third-order valence-corrected chi connectivity index (χ3v) is 4.52. The van der Waals surface area contributed by atoms with Crippen LogP contribution in [0.25, 0.3) is 0 Å². The van der Waals surface area contributed by atoms with Gasteiger partial charge in [0.2, 0.25) is 0 Å². The number of amides is 1. The van der Waals surface area contributed by atoms with Crippen LogP contribution in [0.15, 0.2) is 54.9 Å². The monoisotopic (exact) mass is 386 g/mol. The molecule has 26 heavy (non-hydrogen) atoms. The Bertz CT molecular complexity index is 929. The highest BCUT2D eigenvalue weighted by atomic mass is 35.5. The third kappa shape index (κ3) is 4.50. The van der Waals surface area contributed by atoms with Crippen molar-refractivity contribution in [1.82, 2.24) is 15.3 Å². The Hall–Kier alpha value is -2.63. The third-order valence-electron chi connectivity index (χ3n) is 3.78. The Labute approximate surface area is 161 Å². The lowest BCUT2D eigenvalue weighted by Crippen LogP contribution is -2.24. The maximum atomic E-state index is 12.2. The van der Waals surface area contributed by atoms with E-state index in [0.717, 1.165) is 16.8 Å². The Morgan fingerprint density at radius 3 is 2.54 bits per heavy atom. The van der Waals surface area contributed by atoms with Gasteiger partial charge in [0.05, 0.1) is 22.4 Å². The quantitative estimate of drug-likeness (QED) is 0.662. The van der Waals surface area contributed by atoms with Crippen LogP contribution in [0.5, 0.6) is 0 Å². The summed E-state index contributed by atoms with van der Waals surface area (Å²) in [4.78, 5) is 20.6. The molecular formula is C19H16Cl2N4O. The SMILES string of the molecule is Cc1ccccc1CNC(=O)c1cnc(Nc2ccc(Cl)c(Cl)c2)cn1. The van der Waals surface area contributed by atoms with Crippen molar-refractivity contribution in [2.75, 3.05) is 5.32 Å². The van der Waals surface area contributed by atoms with Crippen molar-refractivity contribution in [3.8, 4) is 0 Å². The molecule has 0 aliphatic heterocycles. The highest BCUT2D eigenvalue weighted by molar-refractivity contribution is 6.42. The van der Waals surface area contributed by atoms with Gasteiger partial charge in [-0.25, -0.2) is 9.97 Å². The molecule has 0 saturated heterocycles. The predicted octanol–water partition coefficient (Wildman–Crippen LogP) is 4.77. The fourth-order valence-electron chi connectivity index (χ4n) is 2.31. The average molecular weight is 387 g/mol. The minimum Gasteiger partial charge on any atom is -0.347 e. The van der Waals surface area contributed by atoms with Gasteiger partial charge in [0.1, 0.15) is 11.5 Å². The van der Waals surface area contributed by atoms with Crippen LogP contribution in [0.4, 0.5) is 11.5 Å². The average Bonchev–Trinajstić information content (AvgIpc) is 2.64. The number of aryl methyl sites for hydroxylation is 1. The van der Waals surface area contributed by atoms with E-state index in [2.05, 4.69) is 20.6 Å². The molecule has 0 atom stereocenters. The second-order valence-electron chi connectivity index (χ2n) is 5.65. The van der Waals surface area contributed by atoms with Gasteiger partial charge < -0.3 is 10.6 Å². The molecule has 0 bridgehead atoms. The van der Waals surface area contributed by atoms with E-state index in [1.807, 2.05) is 31.2 Å². The topological polar surface area (TPSA) is 66.9 Å². The number of hydrogen-bond acceptors (Lipinski definition) is 4. The van der Waals surface area contributed by atoms with Crippen LogP contribution >= 0.6 is 23.2 Å². The highest BCUT2D eigenvalue weighted by Crippen LogP contribution is 2.26. The van der Waals surface area contributed by atoms with Gasteiger partial charge in [0.25, 0.3) is 5.91 Å². The number of carbonyl (C=O) groups excluding carboxylic acids is 1. The molecule has 132 valence electrons. The molecular weight excluding hydrogens is 371 g/mol. The molecule has 0 fully saturated rings. The molecule has 1 heterocycles. The molecule has 1 aromatic heterocycles. The van der Waals surface area contributed by atoms with Gasteiger partial charge in [-0.3, -0.25) is 4.79 Å². The second kappa shape index (κ2) is 8.17. The Kier molecular flexibility index (Phi) is 5.71. The summed E-state index contributed by atoms with van der Waals surface area (Å²) in [6.45, 7) is 2.45. The molecule has 0 unspecified atom stereocenters. The van der Waals surface area contributed by atoms with Crippen molar-refractivity contribution in [1.29, 1.82) is 0 Å². The molecule has 3 aromatic rings. The van der Waals surface area contributed by atoms with Gasteiger partial charge >= 0.3 is 0 Å². The summed E-state index contributed by atoms with van der Waals surface area (Å²) in [5, 5.41) is 6.82. The second-order valence-corrected chi connectivity index (χ2v) is 6.46.